The zero-order chi connectivity index (χ0) is 21.4. The summed E-state index contributed by atoms with van der Waals surface area (Å²) in [6, 6.07) is 13.9. The van der Waals surface area contributed by atoms with Crippen molar-refractivity contribution in [3.05, 3.63) is 65.4 Å². The van der Waals surface area contributed by atoms with Crippen LogP contribution in [-0.4, -0.2) is 41.0 Å². The van der Waals surface area contributed by atoms with Crippen LogP contribution >= 0.6 is 11.3 Å². The number of nitrogens with zero attached hydrogens (tertiary/aromatic N) is 5. The lowest BCUT2D eigenvalue weighted by atomic mass is 10.2. The molecular formula is C23H20FN5OS. The van der Waals surface area contributed by atoms with Gasteiger partial charge in [-0.15, -0.1) is 11.3 Å². The Labute approximate surface area is 183 Å². The van der Waals surface area contributed by atoms with Gasteiger partial charge in [0.1, 0.15) is 10.8 Å². The van der Waals surface area contributed by atoms with Gasteiger partial charge in [0.05, 0.1) is 23.1 Å². The largest absolute Gasteiger partial charge is 0.357 e. The summed E-state index contributed by atoms with van der Waals surface area (Å²) in [5.41, 5.74) is 3.11. The first-order chi connectivity index (χ1) is 15.1. The zero-order valence-electron chi connectivity index (χ0n) is 17.0. The van der Waals surface area contributed by atoms with Gasteiger partial charge >= 0.3 is 0 Å². The van der Waals surface area contributed by atoms with E-state index >= 15 is 0 Å². The summed E-state index contributed by atoms with van der Waals surface area (Å²) in [5.74, 6) is 0.971. The van der Waals surface area contributed by atoms with E-state index in [0.29, 0.717) is 18.1 Å². The number of rotatable bonds is 3. The van der Waals surface area contributed by atoms with Crippen molar-refractivity contribution in [2.24, 2.45) is 0 Å². The minimum atomic E-state index is -0.283. The number of hydrogen-bond donors (Lipinski definition) is 0. The van der Waals surface area contributed by atoms with Gasteiger partial charge in [0, 0.05) is 31.1 Å². The van der Waals surface area contributed by atoms with Gasteiger partial charge in [-0.25, -0.2) is 19.3 Å². The molecular weight excluding hydrogens is 413 g/mol. The third-order valence-electron chi connectivity index (χ3n) is 5.30. The molecule has 0 N–H and O–H groups in total. The van der Waals surface area contributed by atoms with Crippen LogP contribution in [0.3, 0.4) is 0 Å². The summed E-state index contributed by atoms with van der Waals surface area (Å²) in [6.07, 6.45) is 1.00. The van der Waals surface area contributed by atoms with Gasteiger partial charge in [0.15, 0.2) is 11.6 Å². The molecule has 0 spiro atoms. The van der Waals surface area contributed by atoms with Gasteiger partial charge in [-0.1, -0.05) is 12.1 Å². The van der Waals surface area contributed by atoms with Crippen LogP contribution < -0.4 is 9.80 Å². The summed E-state index contributed by atoms with van der Waals surface area (Å²) < 4.78 is 13.2. The van der Waals surface area contributed by atoms with Crippen molar-refractivity contribution in [2.45, 2.75) is 12.8 Å². The molecule has 1 aliphatic rings. The van der Waals surface area contributed by atoms with E-state index in [9.17, 15) is 9.18 Å². The standard InChI is InChI=1S/C23H20FN5OS/c1-28-11-4-12-29(22-21(28)26-18-5-2-3-6-19(18)27-22)20(30)13-17-14-31-23(25-17)15-7-9-16(24)10-8-15/h2-3,5-10,14H,4,11-13H2,1H3. The summed E-state index contributed by atoms with van der Waals surface area (Å²) in [6.45, 7) is 1.38. The Bertz CT molecular complexity index is 1260. The number of halogens is 1. The Balaban J connectivity index is 1.44. The van der Waals surface area contributed by atoms with E-state index in [1.165, 1.54) is 23.5 Å². The Hall–Kier alpha value is -3.39. The minimum Gasteiger partial charge on any atom is -0.357 e. The molecule has 0 bridgehead atoms. The lowest BCUT2D eigenvalue weighted by molar-refractivity contribution is -0.118. The van der Waals surface area contributed by atoms with E-state index in [0.717, 1.165) is 40.4 Å². The molecule has 0 radical (unpaired) electrons. The fourth-order valence-corrected chi connectivity index (χ4v) is 4.53. The lowest BCUT2D eigenvalue weighted by Gasteiger charge is -2.22. The summed E-state index contributed by atoms with van der Waals surface area (Å²) in [4.78, 5) is 31.2. The molecule has 0 fully saturated rings. The second-order valence-electron chi connectivity index (χ2n) is 7.51. The predicted octanol–water partition coefficient (Wildman–Crippen LogP) is 4.31. The van der Waals surface area contributed by atoms with Gasteiger partial charge in [-0.2, -0.15) is 0 Å². The second-order valence-corrected chi connectivity index (χ2v) is 8.37. The van der Waals surface area contributed by atoms with Crippen LogP contribution in [0.2, 0.25) is 0 Å². The zero-order valence-corrected chi connectivity index (χ0v) is 17.8. The second kappa shape index (κ2) is 8.03. The number of aromatic nitrogens is 3. The third kappa shape index (κ3) is 3.86. The molecule has 3 heterocycles. The molecule has 1 amide bonds. The van der Waals surface area contributed by atoms with Crippen LogP contribution in [0, 0.1) is 5.82 Å². The van der Waals surface area contributed by atoms with Crippen molar-refractivity contribution < 1.29 is 9.18 Å². The van der Waals surface area contributed by atoms with Crippen molar-refractivity contribution in [3.63, 3.8) is 0 Å². The van der Waals surface area contributed by atoms with Gasteiger partial charge in [-0.3, -0.25) is 9.69 Å². The summed E-state index contributed by atoms with van der Waals surface area (Å²) >= 11 is 1.45. The van der Waals surface area contributed by atoms with E-state index in [1.807, 2.05) is 36.7 Å². The fourth-order valence-electron chi connectivity index (χ4n) is 3.70. The van der Waals surface area contributed by atoms with E-state index < -0.39 is 0 Å². The topological polar surface area (TPSA) is 62.2 Å². The van der Waals surface area contributed by atoms with Crippen molar-refractivity contribution in [3.8, 4) is 10.6 Å². The molecule has 0 unspecified atom stereocenters. The highest BCUT2D eigenvalue weighted by atomic mass is 32.1. The van der Waals surface area contributed by atoms with Gasteiger partial charge in [-0.05, 0) is 42.8 Å². The third-order valence-corrected chi connectivity index (χ3v) is 6.24. The van der Waals surface area contributed by atoms with Crippen LogP contribution in [0.1, 0.15) is 12.1 Å². The monoisotopic (exact) mass is 433 g/mol. The predicted molar refractivity (Wildman–Crippen MR) is 121 cm³/mol. The van der Waals surface area contributed by atoms with Gasteiger partial charge in [0.2, 0.25) is 5.91 Å². The maximum Gasteiger partial charge on any atom is 0.234 e. The molecule has 8 heteroatoms. The van der Waals surface area contributed by atoms with E-state index in [4.69, 9.17) is 9.97 Å². The molecule has 4 aromatic rings. The first-order valence-electron chi connectivity index (χ1n) is 10.1. The van der Waals surface area contributed by atoms with E-state index in [-0.39, 0.29) is 18.1 Å². The maximum atomic E-state index is 13.3. The van der Waals surface area contributed by atoms with Crippen LogP contribution in [0.15, 0.2) is 53.9 Å². The molecule has 5 rings (SSSR count). The SMILES string of the molecule is CN1CCCN(C(=O)Cc2csc(-c3ccc(F)cc3)n2)c2nc3ccccc3nc21. The molecule has 2 aromatic carbocycles. The molecule has 0 saturated heterocycles. The first-order valence-corrected chi connectivity index (χ1v) is 10.9. The molecule has 2 aromatic heterocycles. The quantitative estimate of drug-likeness (QED) is 0.482. The smallest absolute Gasteiger partial charge is 0.234 e. The van der Waals surface area contributed by atoms with Gasteiger partial charge < -0.3 is 4.90 Å². The van der Waals surface area contributed by atoms with Crippen LogP contribution in [0.4, 0.5) is 16.0 Å². The normalized spacial score (nSPS) is 13.9. The molecule has 0 atom stereocenters. The Kier molecular flexibility index (Phi) is 5.07. The van der Waals surface area contributed by atoms with Crippen molar-refractivity contribution in [1.82, 2.24) is 15.0 Å². The molecule has 1 aliphatic heterocycles. The average Bonchev–Trinajstić information content (AvgIpc) is 3.18. The number of fused-ring (bicyclic) bond motifs is 2. The van der Waals surface area contributed by atoms with Crippen LogP contribution in [-0.2, 0) is 11.2 Å². The first kappa shape index (κ1) is 19.6. The van der Waals surface area contributed by atoms with Crippen LogP contribution in [0.25, 0.3) is 21.6 Å². The van der Waals surface area contributed by atoms with E-state index in [2.05, 4.69) is 9.88 Å². The number of hydrogen-bond acceptors (Lipinski definition) is 6. The number of carbonyl (C=O) groups is 1. The van der Waals surface area contributed by atoms with Crippen molar-refractivity contribution in [1.29, 1.82) is 0 Å². The molecule has 0 aliphatic carbocycles. The minimum absolute atomic E-state index is 0.0583. The number of para-hydroxylation sites is 2. The van der Waals surface area contributed by atoms with Crippen molar-refractivity contribution in [2.75, 3.05) is 29.9 Å². The Morgan fingerprint density at radius 1 is 1.00 bits per heavy atom. The van der Waals surface area contributed by atoms with Gasteiger partial charge in [0.25, 0.3) is 0 Å². The number of thiazole rings is 1. The highest BCUT2D eigenvalue weighted by molar-refractivity contribution is 7.13. The van der Waals surface area contributed by atoms with Crippen molar-refractivity contribution >= 4 is 39.9 Å². The molecule has 31 heavy (non-hydrogen) atoms. The average molecular weight is 434 g/mol. The Morgan fingerprint density at radius 2 is 1.71 bits per heavy atom. The maximum absolute atomic E-state index is 13.3. The molecule has 6 nitrogen and oxygen atoms in total. The number of carbonyl (C=O) groups excluding carboxylic acids is 1. The molecule has 156 valence electrons. The number of amides is 1. The Morgan fingerprint density at radius 3 is 2.45 bits per heavy atom. The highest BCUT2D eigenvalue weighted by Crippen LogP contribution is 2.31. The molecule has 0 saturated carbocycles. The highest BCUT2D eigenvalue weighted by Gasteiger charge is 2.27. The summed E-state index contributed by atoms with van der Waals surface area (Å²) in [5, 5.41) is 2.65. The fraction of sp³-hybridized carbons (Fsp3) is 0.217. The number of anilines is 2. The van der Waals surface area contributed by atoms with E-state index in [1.54, 1.807) is 17.0 Å². The lowest BCUT2D eigenvalue weighted by Crippen LogP contribution is -2.33. The number of benzene rings is 2. The summed E-state index contributed by atoms with van der Waals surface area (Å²) in [7, 11) is 1.98. The van der Waals surface area contributed by atoms with Crippen LogP contribution in [0.5, 0.6) is 0 Å².